The van der Waals surface area contributed by atoms with Gasteiger partial charge in [-0.3, -0.25) is 14.5 Å². The Morgan fingerprint density at radius 3 is 2.34 bits per heavy atom. The molecule has 1 atom stereocenters. The molecule has 1 aliphatic rings. The predicted molar refractivity (Wildman–Crippen MR) is 129 cm³/mol. The van der Waals surface area contributed by atoms with Gasteiger partial charge in [-0.2, -0.15) is 0 Å². The maximum Gasteiger partial charge on any atom is 0.300 e. The van der Waals surface area contributed by atoms with Gasteiger partial charge in [0.15, 0.2) is 23.1 Å². The molecule has 0 spiro atoms. The lowest BCUT2D eigenvalue weighted by atomic mass is 9.94. The lowest BCUT2D eigenvalue weighted by Gasteiger charge is -2.26. The number of rotatable bonds is 6. The van der Waals surface area contributed by atoms with Crippen LogP contribution in [-0.4, -0.2) is 30.5 Å². The summed E-state index contributed by atoms with van der Waals surface area (Å²) >= 11 is 3.32. The van der Waals surface area contributed by atoms with Gasteiger partial charge >= 0.3 is 0 Å². The zero-order valence-electron chi connectivity index (χ0n) is 18.7. The summed E-state index contributed by atoms with van der Waals surface area (Å²) in [7, 11) is 1.47. The van der Waals surface area contributed by atoms with E-state index in [1.165, 1.54) is 13.2 Å². The van der Waals surface area contributed by atoms with E-state index < -0.39 is 35.1 Å². The van der Waals surface area contributed by atoms with Crippen LogP contribution in [0.4, 0.5) is 14.5 Å². The van der Waals surface area contributed by atoms with E-state index in [4.69, 9.17) is 9.47 Å². The molecule has 3 aromatic rings. The number of carbonyl (C=O) groups excluding carboxylic acids is 2. The number of hydrogen-bond acceptors (Lipinski definition) is 5. The second-order valence-electron chi connectivity index (χ2n) is 7.62. The quantitative estimate of drug-likeness (QED) is 0.243. The number of benzene rings is 3. The first-order valence-corrected chi connectivity index (χ1v) is 11.4. The van der Waals surface area contributed by atoms with Crippen LogP contribution in [0.3, 0.4) is 0 Å². The van der Waals surface area contributed by atoms with Crippen molar-refractivity contribution in [2.24, 2.45) is 0 Å². The zero-order chi connectivity index (χ0) is 25.3. The van der Waals surface area contributed by atoms with Crippen LogP contribution in [0.1, 0.15) is 24.1 Å². The Morgan fingerprint density at radius 1 is 1.00 bits per heavy atom. The number of aliphatic hydroxyl groups is 1. The SMILES string of the molecule is CCOc1cc(C2/C(=C(\O)c3ccc(Br)cc3)C(=O)C(=O)N2c2ccc(F)c(F)c2)ccc1OC. The minimum absolute atomic E-state index is 0.0420. The Bertz CT molecular complexity index is 1340. The van der Waals surface area contributed by atoms with Gasteiger partial charge in [0.1, 0.15) is 5.76 Å². The molecule has 1 fully saturated rings. The fourth-order valence-corrected chi connectivity index (χ4v) is 4.21. The van der Waals surface area contributed by atoms with Crippen LogP contribution in [0.2, 0.25) is 0 Å². The third kappa shape index (κ3) is 4.51. The van der Waals surface area contributed by atoms with E-state index in [2.05, 4.69) is 15.9 Å². The molecule has 0 aromatic heterocycles. The number of ether oxygens (including phenoxy) is 2. The highest BCUT2D eigenvalue weighted by atomic mass is 79.9. The number of Topliss-reactive ketones (excluding diaryl/α,β-unsaturated/α-hetero) is 1. The molecule has 4 rings (SSSR count). The molecule has 1 aliphatic heterocycles. The molecular weight excluding hydrogens is 524 g/mol. The lowest BCUT2D eigenvalue weighted by molar-refractivity contribution is -0.132. The Hall–Kier alpha value is -3.72. The van der Waals surface area contributed by atoms with Gasteiger partial charge in [-0.05, 0) is 48.9 Å². The first-order valence-electron chi connectivity index (χ1n) is 10.6. The van der Waals surface area contributed by atoms with Gasteiger partial charge in [-0.1, -0.05) is 34.1 Å². The molecule has 0 aliphatic carbocycles. The average Bonchev–Trinajstić information content (AvgIpc) is 3.11. The van der Waals surface area contributed by atoms with Crippen LogP contribution in [0.25, 0.3) is 5.76 Å². The molecule has 1 N–H and O–H groups in total. The van der Waals surface area contributed by atoms with Crippen LogP contribution in [-0.2, 0) is 9.59 Å². The van der Waals surface area contributed by atoms with Crippen molar-refractivity contribution in [3.8, 4) is 11.5 Å². The lowest BCUT2D eigenvalue weighted by Crippen LogP contribution is -2.29. The summed E-state index contributed by atoms with van der Waals surface area (Å²) < 4.78 is 39.5. The van der Waals surface area contributed by atoms with E-state index in [9.17, 15) is 23.5 Å². The van der Waals surface area contributed by atoms with Crippen molar-refractivity contribution in [1.29, 1.82) is 0 Å². The summed E-state index contributed by atoms with van der Waals surface area (Å²) in [6.45, 7) is 2.11. The van der Waals surface area contributed by atoms with Crippen LogP contribution < -0.4 is 14.4 Å². The van der Waals surface area contributed by atoms with Gasteiger partial charge in [-0.25, -0.2) is 8.78 Å². The second-order valence-corrected chi connectivity index (χ2v) is 8.53. The molecule has 1 amide bonds. The number of ketones is 1. The maximum absolute atomic E-state index is 14.1. The number of methoxy groups -OCH3 is 1. The van der Waals surface area contributed by atoms with Gasteiger partial charge < -0.3 is 14.6 Å². The molecule has 35 heavy (non-hydrogen) atoms. The van der Waals surface area contributed by atoms with E-state index in [1.54, 1.807) is 49.4 Å². The Labute approximate surface area is 208 Å². The number of nitrogens with zero attached hydrogens (tertiary/aromatic N) is 1. The monoisotopic (exact) mass is 543 g/mol. The first-order chi connectivity index (χ1) is 16.8. The van der Waals surface area contributed by atoms with Gasteiger partial charge in [-0.15, -0.1) is 0 Å². The van der Waals surface area contributed by atoms with Crippen molar-refractivity contribution in [3.05, 3.63) is 93.5 Å². The standard InChI is InChI=1S/C26H20BrF2NO5/c1-3-35-21-12-15(6-11-20(21)34-2)23-22(24(31)14-4-7-16(27)8-5-14)25(32)26(33)30(23)17-9-10-18(28)19(29)13-17/h4-13,23,31H,3H2,1-2H3/b24-22+. The highest BCUT2D eigenvalue weighted by Gasteiger charge is 2.47. The number of aliphatic hydroxyl groups excluding tert-OH is 1. The summed E-state index contributed by atoms with van der Waals surface area (Å²) in [5.74, 6) is -3.86. The summed E-state index contributed by atoms with van der Waals surface area (Å²) in [5.41, 5.74) is 0.464. The minimum atomic E-state index is -1.18. The van der Waals surface area contributed by atoms with E-state index in [0.717, 1.165) is 21.5 Å². The molecule has 0 bridgehead atoms. The van der Waals surface area contributed by atoms with E-state index in [1.807, 2.05) is 0 Å². The highest BCUT2D eigenvalue weighted by Crippen LogP contribution is 2.44. The molecule has 1 saturated heterocycles. The molecular formula is C26H20BrF2NO5. The fraction of sp³-hybridized carbons (Fsp3) is 0.154. The summed E-state index contributed by atoms with van der Waals surface area (Å²) in [4.78, 5) is 27.4. The molecule has 1 heterocycles. The van der Waals surface area contributed by atoms with Crippen LogP contribution >= 0.6 is 15.9 Å². The molecule has 9 heteroatoms. The number of amides is 1. The van der Waals surface area contributed by atoms with Crippen molar-refractivity contribution in [3.63, 3.8) is 0 Å². The number of hydrogen-bond donors (Lipinski definition) is 1. The number of anilines is 1. The minimum Gasteiger partial charge on any atom is -0.507 e. The van der Waals surface area contributed by atoms with Crippen LogP contribution in [0, 0.1) is 11.6 Å². The van der Waals surface area contributed by atoms with Crippen LogP contribution in [0.15, 0.2) is 70.7 Å². The van der Waals surface area contributed by atoms with Crippen molar-refractivity contribution in [1.82, 2.24) is 0 Å². The molecule has 6 nitrogen and oxygen atoms in total. The van der Waals surface area contributed by atoms with Gasteiger partial charge in [0.25, 0.3) is 11.7 Å². The van der Waals surface area contributed by atoms with Crippen molar-refractivity contribution < 1.29 is 33.0 Å². The normalized spacial score (nSPS) is 17.1. The summed E-state index contributed by atoms with van der Waals surface area (Å²) in [6, 6.07) is 13.1. The topological polar surface area (TPSA) is 76.1 Å². The smallest absolute Gasteiger partial charge is 0.300 e. The molecule has 3 aromatic carbocycles. The third-order valence-electron chi connectivity index (χ3n) is 5.55. The average molecular weight is 544 g/mol. The van der Waals surface area contributed by atoms with Gasteiger partial charge in [0.2, 0.25) is 0 Å². The van der Waals surface area contributed by atoms with Crippen molar-refractivity contribution in [2.75, 3.05) is 18.6 Å². The Kier molecular flexibility index (Phi) is 6.88. The second kappa shape index (κ2) is 9.87. The molecule has 0 radical (unpaired) electrons. The van der Waals surface area contributed by atoms with E-state index in [-0.39, 0.29) is 11.3 Å². The van der Waals surface area contributed by atoms with E-state index in [0.29, 0.717) is 29.2 Å². The fourth-order valence-electron chi connectivity index (χ4n) is 3.94. The van der Waals surface area contributed by atoms with Crippen LogP contribution in [0.5, 0.6) is 11.5 Å². The predicted octanol–water partition coefficient (Wildman–Crippen LogP) is 5.76. The Balaban J connectivity index is 1.97. The third-order valence-corrected chi connectivity index (χ3v) is 6.08. The van der Waals surface area contributed by atoms with Crippen molar-refractivity contribution >= 4 is 39.1 Å². The van der Waals surface area contributed by atoms with Crippen molar-refractivity contribution in [2.45, 2.75) is 13.0 Å². The van der Waals surface area contributed by atoms with E-state index >= 15 is 0 Å². The first kappa shape index (κ1) is 24.4. The molecule has 1 unspecified atom stereocenters. The molecule has 180 valence electrons. The van der Waals surface area contributed by atoms with Gasteiger partial charge in [0.05, 0.1) is 25.3 Å². The Morgan fingerprint density at radius 2 is 1.71 bits per heavy atom. The van der Waals surface area contributed by atoms with Gasteiger partial charge in [0, 0.05) is 21.8 Å². The number of halogens is 3. The summed E-state index contributed by atoms with van der Waals surface area (Å²) in [6.07, 6.45) is 0. The highest BCUT2D eigenvalue weighted by molar-refractivity contribution is 9.10. The maximum atomic E-state index is 14.1. The largest absolute Gasteiger partial charge is 0.507 e. The summed E-state index contributed by atoms with van der Waals surface area (Å²) in [5, 5.41) is 11.1. The zero-order valence-corrected chi connectivity index (χ0v) is 20.3. The number of carbonyl (C=O) groups is 2. The molecule has 0 saturated carbocycles.